The van der Waals surface area contributed by atoms with Gasteiger partial charge >= 0.3 is 0 Å². The van der Waals surface area contributed by atoms with E-state index < -0.39 is 0 Å². The van der Waals surface area contributed by atoms with Crippen LogP contribution in [0.15, 0.2) is 0 Å². The summed E-state index contributed by atoms with van der Waals surface area (Å²) < 4.78 is 0. The number of nitrogens with one attached hydrogen (secondary N) is 1. The first-order chi connectivity index (χ1) is 7.09. The second-order valence-corrected chi connectivity index (χ2v) is 4.60. The fourth-order valence-electron chi connectivity index (χ4n) is 2.01. The molecule has 4 heteroatoms. The number of hydrogen-bond acceptors (Lipinski definition) is 3. The van der Waals surface area contributed by atoms with Crippen LogP contribution >= 0.6 is 0 Å². The SMILES string of the molecule is CC(C)N(CCC(N)=O)CC1CCCN1. The molecule has 0 bridgehead atoms. The monoisotopic (exact) mass is 213 g/mol. The lowest BCUT2D eigenvalue weighted by Crippen LogP contribution is -2.42. The van der Waals surface area contributed by atoms with Gasteiger partial charge in [-0.25, -0.2) is 0 Å². The van der Waals surface area contributed by atoms with Crippen LogP contribution < -0.4 is 11.1 Å². The van der Waals surface area contributed by atoms with Crippen LogP contribution in [0.1, 0.15) is 33.1 Å². The van der Waals surface area contributed by atoms with Gasteiger partial charge in [-0.1, -0.05) is 0 Å². The number of primary amides is 1. The fraction of sp³-hybridized carbons (Fsp3) is 0.909. The van der Waals surface area contributed by atoms with Crippen molar-refractivity contribution >= 4 is 5.91 Å². The van der Waals surface area contributed by atoms with E-state index in [1.165, 1.54) is 12.8 Å². The Hall–Kier alpha value is -0.610. The zero-order chi connectivity index (χ0) is 11.3. The van der Waals surface area contributed by atoms with Crippen LogP contribution in [-0.2, 0) is 4.79 Å². The summed E-state index contributed by atoms with van der Waals surface area (Å²) >= 11 is 0. The second kappa shape index (κ2) is 6.08. The van der Waals surface area contributed by atoms with Gasteiger partial charge in [0.1, 0.15) is 0 Å². The van der Waals surface area contributed by atoms with Gasteiger partial charge in [0.05, 0.1) is 0 Å². The Morgan fingerprint density at radius 3 is 2.80 bits per heavy atom. The van der Waals surface area contributed by atoms with Crippen LogP contribution in [0.3, 0.4) is 0 Å². The minimum Gasteiger partial charge on any atom is -0.370 e. The Morgan fingerprint density at radius 2 is 2.33 bits per heavy atom. The molecule has 1 aliphatic rings. The molecule has 0 spiro atoms. The van der Waals surface area contributed by atoms with Crippen LogP contribution in [0.5, 0.6) is 0 Å². The highest BCUT2D eigenvalue weighted by atomic mass is 16.1. The number of carbonyl (C=O) groups excluding carboxylic acids is 1. The molecule has 0 saturated carbocycles. The number of carbonyl (C=O) groups is 1. The van der Waals surface area contributed by atoms with Crippen molar-refractivity contribution in [2.24, 2.45) is 5.73 Å². The third kappa shape index (κ3) is 4.62. The number of nitrogens with two attached hydrogens (primary N) is 1. The summed E-state index contributed by atoms with van der Waals surface area (Å²) in [7, 11) is 0. The third-order valence-corrected chi connectivity index (χ3v) is 2.99. The molecule has 15 heavy (non-hydrogen) atoms. The average Bonchev–Trinajstić information content (AvgIpc) is 2.63. The summed E-state index contributed by atoms with van der Waals surface area (Å²) in [4.78, 5) is 13.1. The zero-order valence-corrected chi connectivity index (χ0v) is 9.83. The molecule has 1 fully saturated rings. The lowest BCUT2D eigenvalue weighted by atomic mass is 10.2. The van der Waals surface area contributed by atoms with Crippen molar-refractivity contribution < 1.29 is 4.79 Å². The van der Waals surface area contributed by atoms with E-state index in [4.69, 9.17) is 5.73 Å². The molecule has 0 aromatic carbocycles. The summed E-state index contributed by atoms with van der Waals surface area (Å²) in [6.45, 7) is 7.27. The van der Waals surface area contributed by atoms with Crippen LogP contribution in [-0.4, -0.2) is 42.5 Å². The van der Waals surface area contributed by atoms with Gasteiger partial charge in [-0.3, -0.25) is 9.69 Å². The molecule has 1 rings (SSSR count). The molecule has 1 saturated heterocycles. The maximum Gasteiger partial charge on any atom is 0.218 e. The molecule has 88 valence electrons. The van der Waals surface area contributed by atoms with E-state index in [9.17, 15) is 4.79 Å². The molecule has 1 amide bonds. The van der Waals surface area contributed by atoms with Gasteiger partial charge in [0.2, 0.25) is 5.91 Å². The zero-order valence-electron chi connectivity index (χ0n) is 9.83. The molecule has 3 N–H and O–H groups in total. The highest BCUT2D eigenvalue weighted by Gasteiger charge is 2.19. The molecule has 0 radical (unpaired) electrons. The van der Waals surface area contributed by atoms with Crippen LogP contribution in [0, 0.1) is 0 Å². The Balaban J connectivity index is 2.32. The van der Waals surface area contributed by atoms with E-state index in [1.807, 2.05) is 0 Å². The van der Waals surface area contributed by atoms with Crippen molar-refractivity contribution in [3.05, 3.63) is 0 Å². The van der Waals surface area contributed by atoms with Gasteiger partial charge in [-0.05, 0) is 33.2 Å². The number of rotatable bonds is 6. The Labute approximate surface area is 92.2 Å². The first kappa shape index (κ1) is 12.5. The number of amides is 1. The van der Waals surface area contributed by atoms with E-state index >= 15 is 0 Å². The van der Waals surface area contributed by atoms with Crippen molar-refractivity contribution in [3.63, 3.8) is 0 Å². The Bertz CT molecular complexity index is 200. The van der Waals surface area contributed by atoms with Crippen molar-refractivity contribution in [1.82, 2.24) is 10.2 Å². The summed E-state index contributed by atoms with van der Waals surface area (Å²) in [5.74, 6) is -0.208. The average molecular weight is 213 g/mol. The van der Waals surface area contributed by atoms with Crippen molar-refractivity contribution in [3.8, 4) is 0 Å². The lowest BCUT2D eigenvalue weighted by molar-refractivity contribution is -0.118. The topological polar surface area (TPSA) is 58.4 Å². The van der Waals surface area contributed by atoms with E-state index in [-0.39, 0.29) is 5.91 Å². The standard InChI is InChI=1S/C11H23N3O/c1-9(2)14(7-5-11(12)15)8-10-4-3-6-13-10/h9-10,13H,3-8H2,1-2H3,(H2,12,15). The van der Waals surface area contributed by atoms with Gasteiger partial charge in [-0.15, -0.1) is 0 Å². The molecule has 1 atom stereocenters. The molecular weight excluding hydrogens is 190 g/mol. The molecule has 1 unspecified atom stereocenters. The largest absolute Gasteiger partial charge is 0.370 e. The van der Waals surface area contributed by atoms with E-state index in [1.54, 1.807) is 0 Å². The van der Waals surface area contributed by atoms with Gasteiger partial charge in [0.15, 0.2) is 0 Å². The summed E-state index contributed by atoms with van der Waals surface area (Å²) in [5.41, 5.74) is 5.17. The van der Waals surface area contributed by atoms with E-state index in [2.05, 4.69) is 24.1 Å². The molecule has 0 aromatic heterocycles. The van der Waals surface area contributed by atoms with Gasteiger partial charge < -0.3 is 11.1 Å². The van der Waals surface area contributed by atoms with Crippen molar-refractivity contribution in [2.45, 2.75) is 45.2 Å². The Kier molecular flexibility index (Phi) is 5.05. The quantitative estimate of drug-likeness (QED) is 0.668. The molecule has 0 aromatic rings. The predicted octanol–water partition coefficient (Wildman–Crippen LogP) is 0.324. The molecule has 4 nitrogen and oxygen atoms in total. The highest BCUT2D eigenvalue weighted by Crippen LogP contribution is 2.09. The smallest absolute Gasteiger partial charge is 0.218 e. The van der Waals surface area contributed by atoms with Crippen molar-refractivity contribution in [2.75, 3.05) is 19.6 Å². The molecular formula is C11H23N3O. The van der Waals surface area contributed by atoms with Crippen LogP contribution in [0.2, 0.25) is 0 Å². The first-order valence-electron chi connectivity index (χ1n) is 5.85. The highest BCUT2D eigenvalue weighted by molar-refractivity contribution is 5.73. The molecule has 1 aliphatic heterocycles. The summed E-state index contributed by atoms with van der Waals surface area (Å²) in [6, 6.07) is 1.08. The first-order valence-corrected chi connectivity index (χ1v) is 5.85. The minimum atomic E-state index is -0.208. The van der Waals surface area contributed by atoms with E-state index in [0.717, 1.165) is 19.6 Å². The molecule has 0 aliphatic carbocycles. The predicted molar refractivity (Wildman–Crippen MR) is 61.5 cm³/mol. The van der Waals surface area contributed by atoms with Crippen molar-refractivity contribution in [1.29, 1.82) is 0 Å². The fourth-order valence-corrected chi connectivity index (χ4v) is 2.01. The van der Waals surface area contributed by atoms with Crippen LogP contribution in [0.25, 0.3) is 0 Å². The maximum absolute atomic E-state index is 10.7. The summed E-state index contributed by atoms with van der Waals surface area (Å²) in [6.07, 6.45) is 2.98. The normalized spacial score (nSPS) is 21.5. The van der Waals surface area contributed by atoms with E-state index in [0.29, 0.717) is 18.5 Å². The lowest BCUT2D eigenvalue weighted by Gasteiger charge is -2.28. The van der Waals surface area contributed by atoms with Gasteiger partial charge in [-0.2, -0.15) is 0 Å². The van der Waals surface area contributed by atoms with Gasteiger partial charge in [0.25, 0.3) is 0 Å². The second-order valence-electron chi connectivity index (χ2n) is 4.60. The Morgan fingerprint density at radius 1 is 1.60 bits per heavy atom. The third-order valence-electron chi connectivity index (χ3n) is 2.99. The number of nitrogens with zero attached hydrogens (tertiary/aromatic N) is 1. The number of hydrogen-bond donors (Lipinski definition) is 2. The minimum absolute atomic E-state index is 0.208. The summed E-state index contributed by atoms with van der Waals surface area (Å²) in [5, 5.41) is 3.47. The van der Waals surface area contributed by atoms with Gasteiger partial charge in [0, 0.05) is 31.6 Å². The molecule has 1 heterocycles. The van der Waals surface area contributed by atoms with Crippen LogP contribution in [0.4, 0.5) is 0 Å². The maximum atomic E-state index is 10.7.